The summed E-state index contributed by atoms with van der Waals surface area (Å²) >= 11 is 1.29. The minimum atomic E-state index is -0.187. The van der Waals surface area contributed by atoms with Gasteiger partial charge in [-0.15, -0.1) is 5.10 Å². The van der Waals surface area contributed by atoms with Crippen molar-refractivity contribution in [3.63, 3.8) is 0 Å². The lowest BCUT2D eigenvalue weighted by molar-refractivity contribution is 0.642. The summed E-state index contributed by atoms with van der Waals surface area (Å²) in [5, 5.41) is 15.1. The number of amidine groups is 1. The lowest BCUT2D eigenvalue weighted by Gasteiger charge is -2.04. The van der Waals surface area contributed by atoms with E-state index >= 15 is 0 Å². The molecule has 2 aromatic rings. The standard InChI is InChI=1S/C11H12N6OS/c12-9(13)6-3-4-14-8(5-6)19-11-16-15-10(18)17(11)7-1-2-7/h3-5,7H,1-2H2,(H3,12,13)(H,15,18). The van der Waals surface area contributed by atoms with Gasteiger partial charge in [-0.2, -0.15) is 0 Å². The average Bonchev–Trinajstić information content (AvgIpc) is 3.15. The molecule has 0 spiro atoms. The number of hydrogen-bond donors (Lipinski definition) is 3. The van der Waals surface area contributed by atoms with E-state index in [1.54, 1.807) is 22.9 Å². The minimum Gasteiger partial charge on any atom is -0.384 e. The second-order valence-electron chi connectivity index (χ2n) is 4.31. The fourth-order valence-corrected chi connectivity index (χ4v) is 2.65. The van der Waals surface area contributed by atoms with Crippen molar-refractivity contribution in [2.24, 2.45) is 5.73 Å². The summed E-state index contributed by atoms with van der Waals surface area (Å²) < 4.78 is 1.66. The van der Waals surface area contributed by atoms with Crippen LogP contribution >= 0.6 is 11.8 Å². The number of hydrogen-bond acceptors (Lipinski definition) is 5. The first-order valence-corrected chi connectivity index (χ1v) is 6.62. The van der Waals surface area contributed by atoms with Crippen LogP contribution in [0, 0.1) is 5.41 Å². The zero-order chi connectivity index (χ0) is 13.4. The van der Waals surface area contributed by atoms with Crippen LogP contribution in [0.4, 0.5) is 0 Å². The molecule has 7 nitrogen and oxygen atoms in total. The Bertz CT molecular complexity index is 686. The van der Waals surface area contributed by atoms with E-state index in [9.17, 15) is 4.79 Å². The molecule has 98 valence electrons. The second-order valence-corrected chi connectivity index (χ2v) is 5.30. The molecule has 1 fully saturated rings. The largest absolute Gasteiger partial charge is 0.384 e. The van der Waals surface area contributed by atoms with Crippen LogP contribution in [0.15, 0.2) is 33.3 Å². The number of H-pyrrole nitrogens is 1. The van der Waals surface area contributed by atoms with Crippen LogP contribution in [0.2, 0.25) is 0 Å². The summed E-state index contributed by atoms with van der Waals surface area (Å²) in [6, 6.07) is 3.64. The maximum absolute atomic E-state index is 11.6. The van der Waals surface area contributed by atoms with Crippen molar-refractivity contribution in [1.82, 2.24) is 19.7 Å². The highest BCUT2D eigenvalue weighted by atomic mass is 32.2. The van der Waals surface area contributed by atoms with Gasteiger partial charge in [0.2, 0.25) is 0 Å². The van der Waals surface area contributed by atoms with E-state index in [0.717, 1.165) is 12.8 Å². The summed E-state index contributed by atoms with van der Waals surface area (Å²) in [5.41, 5.74) is 5.86. The highest BCUT2D eigenvalue weighted by Gasteiger charge is 2.28. The molecule has 1 saturated carbocycles. The van der Waals surface area contributed by atoms with E-state index in [2.05, 4.69) is 15.2 Å². The molecule has 0 amide bonds. The van der Waals surface area contributed by atoms with Gasteiger partial charge in [0.25, 0.3) is 0 Å². The fourth-order valence-electron chi connectivity index (χ4n) is 1.74. The highest BCUT2D eigenvalue weighted by Crippen LogP contribution is 2.37. The van der Waals surface area contributed by atoms with Crippen molar-refractivity contribution in [3.8, 4) is 0 Å². The molecule has 0 atom stereocenters. The number of rotatable bonds is 4. The molecule has 0 saturated heterocycles. The van der Waals surface area contributed by atoms with Gasteiger partial charge in [0, 0.05) is 17.8 Å². The predicted molar refractivity (Wildman–Crippen MR) is 70.5 cm³/mol. The molecule has 0 bridgehead atoms. The first-order chi connectivity index (χ1) is 9.15. The molecular formula is C11H12N6OS. The van der Waals surface area contributed by atoms with E-state index < -0.39 is 0 Å². The third kappa shape index (κ3) is 2.39. The lowest BCUT2D eigenvalue weighted by Crippen LogP contribution is -2.16. The summed E-state index contributed by atoms with van der Waals surface area (Å²) in [6.45, 7) is 0. The number of pyridine rings is 1. The Hall–Kier alpha value is -2.09. The van der Waals surface area contributed by atoms with Crippen molar-refractivity contribution < 1.29 is 0 Å². The summed E-state index contributed by atoms with van der Waals surface area (Å²) in [5.74, 6) is -0.00846. The SMILES string of the molecule is N=C(N)c1ccnc(Sc2n[nH]c(=O)n2C2CC2)c1. The Morgan fingerprint density at radius 2 is 2.37 bits per heavy atom. The topological polar surface area (TPSA) is 113 Å². The summed E-state index contributed by atoms with van der Waals surface area (Å²) in [7, 11) is 0. The molecule has 1 aliphatic rings. The summed E-state index contributed by atoms with van der Waals surface area (Å²) in [4.78, 5) is 15.8. The van der Waals surface area contributed by atoms with Gasteiger partial charge in [-0.25, -0.2) is 14.9 Å². The monoisotopic (exact) mass is 276 g/mol. The van der Waals surface area contributed by atoms with Crippen molar-refractivity contribution in [2.75, 3.05) is 0 Å². The van der Waals surface area contributed by atoms with Crippen molar-refractivity contribution in [3.05, 3.63) is 34.4 Å². The number of nitrogens with two attached hydrogens (primary N) is 1. The Labute approximate surface area is 112 Å². The molecule has 2 aromatic heterocycles. The van der Waals surface area contributed by atoms with Gasteiger partial charge in [-0.1, -0.05) is 0 Å². The average molecular weight is 276 g/mol. The van der Waals surface area contributed by atoms with Crippen LogP contribution in [0.1, 0.15) is 24.4 Å². The summed E-state index contributed by atoms with van der Waals surface area (Å²) in [6.07, 6.45) is 3.60. The first kappa shape index (κ1) is 12.0. The third-order valence-corrected chi connectivity index (χ3v) is 3.73. The number of aromatic nitrogens is 4. The Morgan fingerprint density at radius 3 is 3.05 bits per heavy atom. The van der Waals surface area contributed by atoms with Crippen LogP contribution < -0.4 is 11.4 Å². The van der Waals surface area contributed by atoms with Gasteiger partial charge >= 0.3 is 5.69 Å². The minimum absolute atomic E-state index is 0.00846. The third-order valence-electron chi connectivity index (χ3n) is 2.83. The molecular weight excluding hydrogens is 264 g/mol. The van der Waals surface area contributed by atoms with Crippen molar-refractivity contribution in [2.45, 2.75) is 29.1 Å². The molecule has 8 heteroatoms. The first-order valence-electron chi connectivity index (χ1n) is 5.80. The number of nitrogen functional groups attached to an aromatic ring is 1. The Balaban J connectivity index is 1.91. The van der Waals surface area contributed by atoms with Gasteiger partial charge in [-0.3, -0.25) is 9.98 Å². The number of nitrogens with one attached hydrogen (secondary N) is 2. The van der Waals surface area contributed by atoms with Gasteiger partial charge in [0.05, 0.1) is 0 Å². The predicted octanol–water partition coefficient (Wildman–Crippen LogP) is 0.737. The van der Waals surface area contributed by atoms with E-state index in [-0.39, 0.29) is 17.6 Å². The molecule has 4 N–H and O–H groups in total. The van der Waals surface area contributed by atoms with Crippen LogP contribution in [0.5, 0.6) is 0 Å². The molecule has 1 aliphatic carbocycles. The van der Waals surface area contributed by atoms with Gasteiger partial charge < -0.3 is 5.73 Å². The van der Waals surface area contributed by atoms with Crippen molar-refractivity contribution in [1.29, 1.82) is 5.41 Å². The van der Waals surface area contributed by atoms with Crippen LogP contribution in [-0.2, 0) is 0 Å². The van der Waals surface area contributed by atoms with Gasteiger partial charge in [0.15, 0.2) is 5.16 Å². The molecule has 2 heterocycles. The van der Waals surface area contributed by atoms with Crippen LogP contribution in [-0.4, -0.2) is 25.6 Å². The lowest BCUT2D eigenvalue weighted by atomic mass is 10.2. The zero-order valence-corrected chi connectivity index (χ0v) is 10.8. The molecule has 0 radical (unpaired) electrons. The highest BCUT2D eigenvalue weighted by molar-refractivity contribution is 7.99. The van der Waals surface area contributed by atoms with E-state index in [0.29, 0.717) is 15.7 Å². The van der Waals surface area contributed by atoms with E-state index in [1.807, 2.05) is 0 Å². The molecule has 3 rings (SSSR count). The molecule has 19 heavy (non-hydrogen) atoms. The fraction of sp³-hybridized carbons (Fsp3) is 0.273. The number of nitrogens with zero attached hydrogens (tertiary/aromatic N) is 3. The van der Waals surface area contributed by atoms with E-state index in [4.69, 9.17) is 11.1 Å². The maximum atomic E-state index is 11.6. The molecule has 0 aliphatic heterocycles. The van der Waals surface area contributed by atoms with Crippen LogP contribution in [0.3, 0.4) is 0 Å². The smallest absolute Gasteiger partial charge is 0.344 e. The molecule has 0 unspecified atom stereocenters. The normalized spacial score (nSPS) is 14.5. The number of aromatic amines is 1. The Morgan fingerprint density at radius 1 is 1.58 bits per heavy atom. The Kier molecular flexibility index (Phi) is 2.86. The second kappa shape index (κ2) is 4.54. The quantitative estimate of drug-likeness (QED) is 0.563. The van der Waals surface area contributed by atoms with Gasteiger partial charge in [-0.05, 0) is 36.7 Å². The van der Waals surface area contributed by atoms with Gasteiger partial charge in [0.1, 0.15) is 10.9 Å². The zero-order valence-electron chi connectivity index (χ0n) is 9.96. The maximum Gasteiger partial charge on any atom is 0.344 e. The molecule has 0 aromatic carbocycles. The van der Waals surface area contributed by atoms with Crippen LogP contribution in [0.25, 0.3) is 0 Å². The van der Waals surface area contributed by atoms with Crippen molar-refractivity contribution >= 4 is 17.6 Å². The van der Waals surface area contributed by atoms with E-state index in [1.165, 1.54) is 11.8 Å².